The molecule has 0 saturated carbocycles. The van der Waals surface area contributed by atoms with E-state index < -0.39 is 0 Å². The van der Waals surface area contributed by atoms with Gasteiger partial charge < -0.3 is 14.5 Å². The minimum atomic E-state index is -0.209. The molecule has 1 saturated heterocycles. The summed E-state index contributed by atoms with van der Waals surface area (Å²) in [5.41, 5.74) is 5.08. The third-order valence-corrected chi connectivity index (χ3v) is 6.01. The number of nitrogens with one attached hydrogen (secondary N) is 1. The van der Waals surface area contributed by atoms with E-state index in [0.29, 0.717) is 30.7 Å². The van der Waals surface area contributed by atoms with Gasteiger partial charge in [-0.15, -0.1) is 0 Å². The van der Waals surface area contributed by atoms with Crippen LogP contribution in [0.3, 0.4) is 0 Å². The number of anilines is 1. The van der Waals surface area contributed by atoms with Crippen LogP contribution in [0.2, 0.25) is 0 Å². The number of carbonyl (C=O) groups is 1. The number of hydrogen-bond acceptors (Lipinski definition) is 5. The number of para-hydroxylation sites is 2. The quantitative estimate of drug-likeness (QED) is 0.650. The molecule has 1 aliphatic heterocycles. The van der Waals surface area contributed by atoms with Gasteiger partial charge in [-0.2, -0.15) is 5.26 Å². The highest BCUT2D eigenvalue weighted by molar-refractivity contribution is 5.86. The van der Waals surface area contributed by atoms with Crippen LogP contribution < -0.4 is 9.80 Å². The van der Waals surface area contributed by atoms with Crippen molar-refractivity contribution in [3.63, 3.8) is 0 Å². The average Bonchev–Trinajstić information content (AvgIpc) is 3.12. The molecule has 30 heavy (non-hydrogen) atoms. The highest BCUT2D eigenvalue weighted by Crippen LogP contribution is 2.34. The third kappa shape index (κ3) is 3.48. The number of piperazine rings is 1. The summed E-state index contributed by atoms with van der Waals surface area (Å²) in [4.78, 5) is 20.8. The van der Waals surface area contributed by atoms with Crippen LogP contribution in [0.1, 0.15) is 30.0 Å². The molecule has 0 atom stereocenters. The molecule has 4 rings (SSSR count). The Morgan fingerprint density at radius 1 is 1.30 bits per heavy atom. The van der Waals surface area contributed by atoms with Crippen LogP contribution in [0, 0.1) is 18.3 Å². The van der Waals surface area contributed by atoms with E-state index in [1.165, 1.54) is 4.90 Å². The molecular formula is C23H28N5O2+. The molecule has 1 N–H and O–H groups in total. The summed E-state index contributed by atoms with van der Waals surface area (Å²) in [6, 6.07) is 10.4. The van der Waals surface area contributed by atoms with Crippen molar-refractivity contribution in [3.8, 4) is 6.07 Å². The lowest BCUT2D eigenvalue weighted by Crippen LogP contribution is -3.12. The molecule has 0 unspecified atom stereocenters. The zero-order chi connectivity index (χ0) is 21.3. The summed E-state index contributed by atoms with van der Waals surface area (Å²) >= 11 is 0. The van der Waals surface area contributed by atoms with E-state index in [9.17, 15) is 10.1 Å². The smallest absolute Gasteiger partial charge is 0.306 e. The Morgan fingerprint density at radius 2 is 2.03 bits per heavy atom. The normalized spacial score (nSPS) is 14.9. The van der Waals surface area contributed by atoms with Gasteiger partial charge in [0.25, 0.3) is 0 Å². The molecule has 0 aliphatic carbocycles. The molecule has 1 aromatic carbocycles. The molecule has 2 aromatic heterocycles. The van der Waals surface area contributed by atoms with Crippen molar-refractivity contribution in [2.24, 2.45) is 0 Å². The lowest BCUT2D eigenvalue weighted by atomic mass is 9.99. The summed E-state index contributed by atoms with van der Waals surface area (Å²) in [6.07, 6.45) is 0.833. The van der Waals surface area contributed by atoms with Crippen molar-refractivity contribution in [2.75, 3.05) is 44.7 Å². The van der Waals surface area contributed by atoms with Crippen LogP contribution in [0.4, 0.5) is 5.82 Å². The van der Waals surface area contributed by atoms with Gasteiger partial charge in [0.15, 0.2) is 5.65 Å². The topological polar surface area (TPSA) is 75.1 Å². The highest BCUT2D eigenvalue weighted by Gasteiger charge is 2.27. The third-order valence-electron chi connectivity index (χ3n) is 6.01. The van der Waals surface area contributed by atoms with E-state index >= 15 is 0 Å². The van der Waals surface area contributed by atoms with Gasteiger partial charge >= 0.3 is 5.97 Å². The monoisotopic (exact) mass is 406 g/mol. The van der Waals surface area contributed by atoms with Gasteiger partial charge in [0, 0.05) is 6.42 Å². The van der Waals surface area contributed by atoms with Gasteiger partial charge in [0.05, 0.1) is 56.4 Å². The molecule has 156 valence electrons. The number of carbonyl (C=O) groups excluding carboxylic acids is 1. The molecule has 0 spiro atoms. The molecule has 7 nitrogen and oxygen atoms in total. The van der Waals surface area contributed by atoms with E-state index in [4.69, 9.17) is 9.72 Å². The van der Waals surface area contributed by atoms with Gasteiger partial charge in [-0.1, -0.05) is 12.1 Å². The molecule has 0 amide bonds. The second-order valence-corrected chi connectivity index (χ2v) is 7.92. The van der Waals surface area contributed by atoms with E-state index in [1.807, 2.05) is 38.1 Å². The minimum absolute atomic E-state index is 0.209. The van der Waals surface area contributed by atoms with Crippen molar-refractivity contribution in [3.05, 3.63) is 41.0 Å². The zero-order valence-electron chi connectivity index (χ0n) is 17.9. The Morgan fingerprint density at radius 3 is 2.73 bits per heavy atom. The Kier molecular flexibility index (Phi) is 5.60. The number of aromatic nitrogens is 2. The maximum atomic E-state index is 12.1. The molecule has 3 heterocycles. The van der Waals surface area contributed by atoms with Gasteiger partial charge in [0.2, 0.25) is 0 Å². The van der Waals surface area contributed by atoms with Crippen molar-refractivity contribution >= 4 is 28.5 Å². The van der Waals surface area contributed by atoms with E-state index in [1.54, 1.807) is 0 Å². The number of nitriles is 1. The standard InChI is InChI=1S/C23H27N5O2/c1-4-30-21(29)10-9-17-16(2)18(15-24)22-25-19-7-5-6-8-20(19)28(22)23(17)27-13-11-26(3)12-14-27/h5-8H,4,9-14H2,1-3H3/p+1. The first kappa shape index (κ1) is 20.2. The van der Waals surface area contributed by atoms with Gasteiger partial charge in [-0.3, -0.25) is 9.20 Å². The molecule has 7 heteroatoms. The lowest BCUT2D eigenvalue weighted by molar-refractivity contribution is -0.880. The van der Waals surface area contributed by atoms with Crippen LogP contribution in [0.5, 0.6) is 0 Å². The van der Waals surface area contributed by atoms with E-state index in [-0.39, 0.29) is 5.97 Å². The average molecular weight is 407 g/mol. The minimum Gasteiger partial charge on any atom is -0.466 e. The van der Waals surface area contributed by atoms with Crippen molar-refractivity contribution < 1.29 is 14.4 Å². The van der Waals surface area contributed by atoms with Crippen molar-refractivity contribution in [1.82, 2.24) is 9.38 Å². The largest absolute Gasteiger partial charge is 0.466 e. The summed E-state index contributed by atoms with van der Waals surface area (Å²) < 4.78 is 7.29. The number of imidazole rings is 1. The number of benzene rings is 1. The number of pyridine rings is 1. The number of fused-ring (bicyclic) bond motifs is 3. The van der Waals surface area contributed by atoms with E-state index in [2.05, 4.69) is 22.4 Å². The molecule has 0 radical (unpaired) electrons. The second-order valence-electron chi connectivity index (χ2n) is 7.92. The zero-order valence-corrected chi connectivity index (χ0v) is 17.9. The lowest BCUT2D eigenvalue weighted by Gasteiger charge is -2.34. The van der Waals surface area contributed by atoms with E-state index in [0.717, 1.165) is 54.2 Å². The van der Waals surface area contributed by atoms with Crippen LogP contribution in [0.15, 0.2) is 24.3 Å². The Bertz CT molecular complexity index is 1140. The fraction of sp³-hybridized carbons (Fsp3) is 0.435. The number of rotatable bonds is 5. The predicted octanol–water partition coefficient (Wildman–Crippen LogP) is 1.50. The second kappa shape index (κ2) is 8.33. The van der Waals surface area contributed by atoms with Crippen molar-refractivity contribution in [2.45, 2.75) is 26.7 Å². The number of likely N-dealkylation sites (N-methyl/N-ethyl adjacent to an activating group) is 1. The first-order valence-corrected chi connectivity index (χ1v) is 10.6. The SMILES string of the molecule is CCOC(=O)CCc1c(C)c(C#N)c2nc3ccccc3n2c1N1CC[NH+](C)CC1. The molecular weight excluding hydrogens is 378 g/mol. The highest BCUT2D eigenvalue weighted by atomic mass is 16.5. The van der Waals surface area contributed by atoms with Crippen LogP contribution in [0.25, 0.3) is 16.7 Å². The van der Waals surface area contributed by atoms with Crippen molar-refractivity contribution in [1.29, 1.82) is 5.26 Å². The number of esters is 1. The summed E-state index contributed by atoms with van der Waals surface area (Å²) in [5.74, 6) is 0.853. The Labute approximate surface area is 176 Å². The summed E-state index contributed by atoms with van der Waals surface area (Å²) in [6.45, 7) is 8.10. The molecule has 3 aromatic rings. The predicted molar refractivity (Wildman–Crippen MR) is 116 cm³/mol. The molecule has 0 bridgehead atoms. The number of nitrogens with zero attached hydrogens (tertiary/aromatic N) is 4. The number of hydrogen-bond donors (Lipinski definition) is 1. The summed E-state index contributed by atoms with van der Waals surface area (Å²) in [5, 5.41) is 9.95. The van der Waals surface area contributed by atoms with Gasteiger partial charge in [-0.25, -0.2) is 4.98 Å². The first-order valence-electron chi connectivity index (χ1n) is 10.6. The fourth-order valence-corrected chi connectivity index (χ4v) is 4.36. The Hall–Kier alpha value is -3.11. The number of quaternary nitrogens is 1. The van der Waals surface area contributed by atoms with Crippen LogP contribution >= 0.6 is 0 Å². The van der Waals surface area contributed by atoms with Gasteiger partial charge in [0.1, 0.15) is 11.9 Å². The fourth-order valence-electron chi connectivity index (χ4n) is 4.36. The first-order chi connectivity index (χ1) is 14.5. The van der Waals surface area contributed by atoms with Gasteiger partial charge in [-0.05, 0) is 43.5 Å². The Balaban J connectivity index is 1.96. The summed E-state index contributed by atoms with van der Waals surface area (Å²) in [7, 11) is 2.21. The maximum absolute atomic E-state index is 12.1. The molecule has 1 aliphatic rings. The number of ether oxygens (including phenoxy) is 1. The van der Waals surface area contributed by atoms with Crippen LogP contribution in [-0.2, 0) is 16.0 Å². The maximum Gasteiger partial charge on any atom is 0.306 e. The van der Waals surface area contributed by atoms with Crippen LogP contribution in [-0.4, -0.2) is 55.2 Å². The molecule has 1 fully saturated rings.